The van der Waals surface area contributed by atoms with E-state index in [1.807, 2.05) is 0 Å². The predicted molar refractivity (Wildman–Crippen MR) is 71.8 cm³/mol. The van der Waals surface area contributed by atoms with Gasteiger partial charge in [0.05, 0.1) is 0 Å². The molecule has 16 heavy (non-hydrogen) atoms. The molecule has 1 rings (SSSR count). The molecule has 0 aromatic carbocycles. The third-order valence-corrected chi connectivity index (χ3v) is 4.23. The Balaban J connectivity index is 2.39. The first-order valence-corrected chi connectivity index (χ1v) is 7.12. The van der Waals surface area contributed by atoms with E-state index in [9.17, 15) is 0 Å². The van der Waals surface area contributed by atoms with Gasteiger partial charge in [0.2, 0.25) is 0 Å². The maximum absolute atomic E-state index is 3.65. The maximum Gasteiger partial charge on any atom is 0.0220 e. The lowest BCUT2D eigenvalue weighted by atomic mass is 9.98. The van der Waals surface area contributed by atoms with Crippen LogP contribution in [0.4, 0.5) is 0 Å². The minimum absolute atomic E-state index is 0.667. The molecule has 0 aromatic rings. The molecule has 1 aliphatic carbocycles. The number of rotatable bonds is 7. The van der Waals surface area contributed by atoms with E-state index in [0.717, 1.165) is 18.5 Å². The summed E-state index contributed by atoms with van der Waals surface area (Å²) >= 11 is 0. The highest BCUT2D eigenvalue weighted by atomic mass is 15.2. The van der Waals surface area contributed by atoms with Crippen LogP contribution in [0.1, 0.15) is 52.9 Å². The molecule has 0 spiro atoms. The van der Waals surface area contributed by atoms with Crippen LogP contribution in [-0.4, -0.2) is 37.1 Å². The van der Waals surface area contributed by atoms with Gasteiger partial charge in [0, 0.05) is 18.6 Å². The zero-order valence-corrected chi connectivity index (χ0v) is 11.6. The highest BCUT2D eigenvalue weighted by molar-refractivity contribution is 4.81. The molecule has 0 aliphatic heterocycles. The SMILES string of the molecule is CCNC(CN(C)C1CCCC1)C(C)CC. The van der Waals surface area contributed by atoms with Crippen LogP contribution in [-0.2, 0) is 0 Å². The highest BCUT2D eigenvalue weighted by Gasteiger charge is 2.23. The monoisotopic (exact) mass is 226 g/mol. The Morgan fingerprint density at radius 1 is 1.25 bits per heavy atom. The van der Waals surface area contributed by atoms with Crippen molar-refractivity contribution in [3.05, 3.63) is 0 Å². The van der Waals surface area contributed by atoms with Gasteiger partial charge in [-0.05, 0) is 32.4 Å². The molecule has 0 bridgehead atoms. The third kappa shape index (κ3) is 4.06. The molecule has 1 aliphatic rings. The van der Waals surface area contributed by atoms with Crippen LogP contribution in [0.15, 0.2) is 0 Å². The minimum atomic E-state index is 0.667. The Morgan fingerprint density at radius 3 is 2.38 bits per heavy atom. The van der Waals surface area contributed by atoms with E-state index in [1.54, 1.807) is 0 Å². The Bertz CT molecular complexity index is 176. The molecule has 1 N–H and O–H groups in total. The summed E-state index contributed by atoms with van der Waals surface area (Å²) in [6.45, 7) is 9.19. The average molecular weight is 226 g/mol. The summed E-state index contributed by atoms with van der Waals surface area (Å²) in [5.74, 6) is 0.781. The van der Waals surface area contributed by atoms with Gasteiger partial charge in [-0.25, -0.2) is 0 Å². The second-order valence-corrected chi connectivity index (χ2v) is 5.43. The van der Waals surface area contributed by atoms with Crippen LogP contribution in [0.5, 0.6) is 0 Å². The van der Waals surface area contributed by atoms with Gasteiger partial charge in [0.1, 0.15) is 0 Å². The van der Waals surface area contributed by atoms with Crippen molar-refractivity contribution in [2.45, 2.75) is 65.0 Å². The summed E-state index contributed by atoms with van der Waals surface area (Å²) in [6.07, 6.45) is 6.97. The van der Waals surface area contributed by atoms with Gasteiger partial charge in [0.25, 0.3) is 0 Å². The van der Waals surface area contributed by atoms with Crippen molar-refractivity contribution in [2.24, 2.45) is 5.92 Å². The van der Waals surface area contributed by atoms with Crippen molar-refractivity contribution in [1.82, 2.24) is 10.2 Å². The molecule has 0 radical (unpaired) electrons. The summed E-state index contributed by atoms with van der Waals surface area (Å²) in [4.78, 5) is 2.59. The fraction of sp³-hybridized carbons (Fsp3) is 1.00. The molecular weight excluding hydrogens is 196 g/mol. The third-order valence-electron chi connectivity index (χ3n) is 4.23. The van der Waals surface area contributed by atoms with Crippen molar-refractivity contribution >= 4 is 0 Å². The standard InChI is InChI=1S/C14H30N2/c1-5-12(3)14(15-6-2)11-16(4)13-9-7-8-10-13/h12-15H,5-11H2,1-4H3. The van der Waals surface area contributed by atoms with E-state index in [4.69, 9.17) is 0 Å². The Labute approximate surface area is 102 Å². The largest absolute Gasteiger partial charge is 0.313 e. The first-order chi connectivity index (χ1) is 7.69. The molecule has 0 amide bonds. The van der Waals surface area contributed by atoms with Crippen molar-refractivity contribution in [2.75, 3.05) is 20.1 Å². The fourth-order valence-electron chi connectivity index (χ4n) is 2.80. The molecular formula is C14H30N2. The molecule has 2 unspecified atom stereocenters. The minimum Gasteiger partial charge on any atom is -0.313 e. The number of likely N-dealkylation sites (N-methyl/N-ethyl adjacent to an activating group) is 2. The number of nitrogens with one attached hydrogen (secondary N) is 1. The molecule has 2 nitrogen and oxygen atoms in total. The van der Waals surface area contributed by atoms with Gasteiger partial charge in [-0.15, -0.1) is 0 Å². The van der Waals surface area contributed by atoms with Crippen LogP contribution in [0.3, 0.4) is 0 Å². The fourth-order valence-corrected chi connectivity index (χ4v) is 2.80. The number of nitrogens with zero attached hydrogens (tertiary/aromatic N) is 1. The average Bonchev–Trinajstić information content (AvgIpc) is 2.80. The Morgan fingerprint density at radius 2 is 1.88 bits per heavy atom. The molecule has 96 valence electrons. The molecule has 0 saturated heterocycles. The second kappa shape index (κ2) is 7.29. The molecule has 0 aromatic heterocycles. The van der Waals surface area contributed by atoms with Gasteiger partial charge in [-0.3, -0.25) is 0 Å². The topological polar surface area (TPSA) is 15.3 Å². The van der Waals surface area contributed by atoms with Crippen LogP contribution in [0.25, 0.3) is 0 Å². The van der Waals surface area contributed by atoms with Gasteiger partial charge in [-0.1, -0.05) is 40.0 Å². The number of hydrogen-bond acceptors (Lipinski definition) is 2. The zero-order chi connectivity index (χ0) is 12.0. The first kappa shape index (κ1) is 14.0. The molecule has 1 saturated carbocycles. The Kier molecular flexibility index (Phi) is 6.37. The van der Waals surface area contributed by atoms with E-state index >= 15 is 0 Å². The lowest BCUT2D eigenvalue weighted by Gasteiger charge is -2.32. The summed E-state index contributed by atoms with van der Waals surface area (Å²) in [5.41, 5.74) is 0. The quantitative estimate of drug-likeness (QED) is 0.718. The van der Waals surface area contributed by atoms with Crippen LogP contribution in [0.2, 0.25) is 0 Å². The zero-order valence-electron chi connectivity index (χ0n) is 11.6. The molecule has 2 heteroatoms. The lowest BCUT2D eigenvalue weighted by molar-refractivity contribution is 0.194. The summed E-state index contributed by atoms with van der Waals surface area (Å²) < 4.78 is 0. The predicted octanol–water partition coefficient (Wildman–Crippen LogP) is 2.89. The highest BCUT2D eigenvalue weighted by Crippen LogP contribution is 2.23. The normalized spacial score (nSPS) is 21.6. The molecule has 0 heterocycles. The summed E-state index contributed by atoms with van der Waals surface area (Å²) in [5, 5.41) is 3.65. The summed E-state index contributed by atoms with van der Waals surface area (Å²) in [6, 6.07) is 1.52. The lowest BCUT2D eigenvalue weighted by Crippen LogP contribution is -2.46. The van der Waals surface area contributed by atoms with Crippen molar-refractivity contribution in [3.8, 4) is 0 Å². The van der Waals surface area contributed by atoms with Gasteiger partial charge in [0.15, 0.2) is 0 Å². The number of hydrogen-bond donors (Lipinski definition) is 1. The van der Waals surface area contributed by atoms with Crippen molar-refractivity contribution in [1.29, 1.82) is 0 Å². The summed E-state index contributed by atoms with van der Waals surface area (Å²) in [7, 11) is 2.31. The van der Waals surface area contributed by atoms with E-state index in [0.29, 0.717) is 6.04 Å². The van der Waals surface area contributed by atoms with Gasteiger partial charge >= 0.3 is 0 Å². The van der Waals surface area contributed by atoms with E-state index in [1.165, 1.54) is 38.6 Å². The molecule has 2 atom stereocenters. The van der Waals surface area contributed by atoms with Crippen LogP contribution in [0, 0.1) is 5.92 Å². The van der Waals surface area contributed by atoms with Crippen molar-refractivity contribution in [3.63, 3.8) is 0 Å². The van der Waals surface area contributed by atoms with Crippen LogP contribution >= 0.6 is 0 Å². The van der Waals surface area contributed by atoms with E-state index in [2.05, 4.69) is 38.0 Å². The van der Waals surface area contributed by atoms with Gasteiger partial charge < -0.3 is 10.2 Å². The first-order valence-electron chi connectivity index (χ1n) is 7.12. The van der Waals surface area contributed by atoms with E-state index < -0.39 is 0 Å². The van der Waals surface area contributed by atoms with Crippen molar-refractivity contribution < 1.29 is 0 Å². The molecule has 1 fully saturated rings. The maximum atomic E-state index is 3.65. The second-order valence-electron chi connectivity index (χ2n) is 5.43. The van der Waals surface area contributed by atoms with Crippen LogP contribution < -0.4 is 5.32 Å². The smallest absolute Gasteiger partial charge is 0.0220 e. The van der Waals surface area contributed by atoms with Gasteiger partial charge in [-0.2, -0.15) is 0 Å². The Hall–Kier alpha value is -0.0800. The van der Waals surface area contributed by atoms with E-state index in [-0.39, 0.29) is 0 Å².